The van der Waals surface area contributed by atoms with E-state index < -0.39 is 0 Å². The monoisotopic (exact) mass is 293 g/mol. The van der Waals surface area contributed by atoms with Crippen LogP contribution in [0.2, 0.25) is 0 Å². The van der Waals surface area contributed by atoms with E-state index in [9.17, 15) is 0 Å². The van der Waals surface area contributed by atoms with E-state index in [-0.39, 0.29) is 45.4 Å². The minimum Gasteiger partial charge on any atom is -1.00 e. The first-order chi connectivity index (χ1) is 6.39. The Morgan fingerprint density at radius 1 is 1.25 bits per heavy atom. The van der Waals surface area contributed by atoms with Crippen molar-refractivity contribution < 1.29 is 17.0 Å². The van der Waals surface area contributed by atoms with Gasteiger partial charge in [-0.25, -0.2) is 0 Å². The van der Waals surface area contributed by atoms with Crippen molar-refractivity contribution >= 4 is 23.1 Å². The van der Waals surface area contributed by atoms with Crippen molar-refractivity contribution in [3.63, 3.8) is 0 Å². The summed E-state index contributed by atoms with van der Waals surface area (Å²) in [6.07, 6.45) is 0. The van der Waals surface area contributed by atoms with E-state index in [4.69, 9.17) is 0 Å². The van der Waals surface area contributed by atoms with Gasteiger partial charge in [0.1, 0.15) is 0 Å². The Morgan fingerprint density at radius 2 is 1.81 bits per heavy atom. The van der Waals surface area contributed by atoms with Crippen LogP contribution in [0.1, 0.15) is 31.9 Å². The number of benzene rings is 1. The van der Waals surface area contributed by atoms with Crippen LogP contribution in [0.15, 0.2) is 18.2 Å². The van der Waals surface area contributed by atoms with Gasteiger partial charge in [0.05, 0.1) is 0 Å². The largest absolute Gasteiger partial charge is 2.00 e. The molecule has 0 spiro atoms. The maximum atomic E-state index is 3.27. The topological polar surface area (TPSA) is 3.24 Å². The summed E-state index contributed by atoms with van der Waals surface area (Å²) in [6.45, 7) is 7.68. The van der Waals surface area contributed by atoms with Crippen molar-refractivity contribution in [2.45, 2.75) is 32.7 Å². The van der Waals surface area contributed by atoms with Crippen molar-refractivity contribution in [2.24, 2.45) is 0 Å². The molecule has 0 heterocycles. The van der Waals surface area contributed by atoms with Crippen LogP contribution in [-0.4, -0.2) is 42.0 Å². The molecule has 1 aromatic carbocycles. The number of hydrogen-bond acceptors (Lipinski definition) is 1. The average Bonchev–Trinajstić information content (AvgIpc) is 2.01. The van der Waals surface area contributed by atoms with Gasteiger partial charge in [0.15, 0.2) is 0 Å². The zero-order valence-electron chi connectivity index (χ0n) is 11.0. The smallest absolute Gasteiger partial charge is 1.00 e. The van der Waals surface area contributed by atoms with E-state index in [0.29, 0.717) is 0 Å². The number of rotatable bonds is 2. The molecular weight excluding hydrogens is 274 g/mol. The standard InChI is InChI=1S/C13H20N.BrH.Mg/c1-13(2,3)12-8-6-7-11(9-12)10-14(4)5;;/h6,8-9H,10H2,1-5H3;1H;/q-1;;+2/p-1. The molecule has 0 radical (unpaired) electrons. The molecule has 0 saturated carbocycles. The molecule has 0 unspecified atom stereocenters. The Kier molecular flexibility index (Phi) is 9.03. The van der Waals surface area contributed by atoms with E-state index in [0.717, 1.165) is 6.54 Å². The minimum absolute atomic E-state index is 0. The van der Waals surface area contributed by atoms with Gasteiger partial charge in [-0.1, -0.05) is 20.8 Å². The fourth-order valence-electron chi connectivity index (χ4n) is 1.41. The van der Waals surface area contributed by atoms with Crippen molar-refractivity contribution in [3.8, 4) is 0 Å². The van der Waals surface area contributed by atoms with Crippen LogP contribution in [0.3, 0.4) is 0 Å². The third-order valence-corrected chi connectivity index (χ3v) is 2.21. The molecule has 0 aliphatic carbocycles. The van der Waals surface area contributed by atoms with Crippen LogP contribution in [-0.2, 0) is 12.0 Å². The minimum atomic E-state index is 0. The van der Waals surface area contributed by atoms with Gasteiger partial charge in [0, 0.05) is 6.54 Å². The summed E-state index contributed by atoms with van der Waals surface area (Å²) in [5.41, 5.74) is 2.88. The summed E-state index contributed by atoms with van der Waals surface area (Å²) >= 11 is 0. The second-order valence-electron chi connectivity index (χ2n) is 5.09. The molecule has 0 fully saturated rings. The van der Waals surface area contributed by atoms with Gasteiger partial charge in [0.2, 0.25) is 0 Å². The van der Waals surface area contributed by atoms with Crippen LogP contribution in [0, 0.1) is 6.07 Å². The number of halogens is 1. The van der Waals surface area contributed by atoms with Crippen LogP contribution < -0.4 is 17.0 Å². The quantitative estimate of drug-likeness (QED) is 0.524. The van der Waals surface area contributed by atoms with Crippen molar-refractivity contribution in [3.05, 3.63) is 35.4 Å². The summed E-state index contributed by atoms with van der Waals surface area (Å²) in [7, 11) is 4.16. The molecule has 0 aliphatic rings. The molecule has 0 atom stereocenters. The Hall–Kier alpha value is 0.426. The van der Waals surface area contributed by atoms with Crippen LogP contribution in [0.5, 0.6) is 0 Å². The molecule has 0 bridgehead atoms. The summed E-state index contributed by atoms with van der Waals surface area (Å²) < 4.78 is 0. The van der Waals surface area contributed by atoms with Crippen LogP contribution in [0.4, 0.5) is 0 Å². The molecule has 0 N–H and O–H groups in total. The van der Waals surface area contributed by atoms with Gasteiger partial charge in [-0.05, 0) is 19.5 Å². The summed E-state index contributed by atoms with van der Waals surface area (Å²) in [6, 6.07) is 9.70. The molecule has 0 aliphatic heterocycles. The predicted octanol–water partition coefficient (Wildman–Crippen LogP) is -0.531. The normalized spacial score (nSPS) is 10.6. The average molecular weight is 295 g/mol. The molecule has 0 aromatic heterocycles. The molecule has 1 nitrogen and oxygen atoms in total. The summed E-state index contributed by atoms with van der Waals surface area (Å²) in [5.74, 6) is 0. The molecular formula is C13H20BrMgN. The number of hydrogen-bond donors (Lipinski definition) is 0. The molecule has 16 heavy (non-hydrogen) atoms. The Labute approximate surface area is 127 Å². The third-order valence-electron chi connectivity index (χ3n) is 2.21. The Bertz CT molecular complexity index is 305. The Balaban J connectivity index is 0. The Morgan fingerprint density at radius 3 is 2.25 bits per heavy atom. The van der Waals surface area contributed by atoms with E-state index in [1.54, 1.807) is 0 Å². The fraction of sp³-hybridized carbons (Fsp3) is 0.538. The van der Waals surface area contributed by atoms with Crippen molar-refractivity contribution in [2.75, 3.05) is 14.1 Å². The number of nitrogens with zero attached hydrogens (tertiary/aromatic N) is 1. The van der Waals surface area contributed by atoms with Gasteiger partial charge in [-0.2, -0.15) is 29.8 Å². The predicted molar refractivity (Wildman–Crippen MR) is 67.1 cm³/mol. The molecule has 0 saturated heterocycles. The summed E-state index contributed by atoms with van der Waals surface area (Å²) in [4.78, 5) is 2.16. The van der Waals surface area contributed by atoms with Gasteiger partial charge in [0.25, 0.3) is 0 Å². The molecule has 1 rings (SSSR count). The molecule has 3 heteroatoms. The van der Waals surface area contributed by atoms with Gasteiger partial charge in [-0.3, -0.25) is 0 Å². The maximum Gasteiger partial charge on any atom is 2.00 e. The van der Waals surface area contributed by atoms with E-state index >= 15 is 0 Å². The van der Waals surface area contributed by atoms with E-state index in [1.165, 1.54) is 11.1 Å². The second-order valence-corrected chi connectivity index (χ2v) is 5.09. The molecule has 86 valence electrons. The maximum absolute atomic E-state index is 3.27. The van der Waals surface area contributed by atoms with Gasteiger partial charge >= 0.3 is 23.1 Å². The van der Waals surface area contributed by atoms with E-state index in [1.807, 2.05) is 6.07 Å². The van der Waals surface area contributed by atoms with Crippen molar-refractivity contribution in [1.29, 1.82) is 0 Å². The first-order valence-corrected chi connectivity index (χ1v) is 5.05. The van der Waals surface area contributed by atoms with Crippen LogP contribution >= 0.6 is 0 Å². The first kappa shape index (κ1) is 18.8. The second kappa shape index (κ2) is 7.69. The molecule has 1 aromatic rings. The van der Waals surface area contributed by atoms with Gasteiger partial charge < -0.3 is 21.9 Å². The zero-order chi connectivity index (χ0) is 10.8. The van der Waals surface area contributed by atoms with E-state index in [2.05, 4.69) is 58.0 Å². The fourth-order valence-corrected chi connectivity index (χ4v) is 1.41. The van der Waals surface area contributed by atoms with Gasteiger partial charge in [-0.15, -0.1) is 5.56 Å². The molecule has 0 amide bonds. The first-order valence-electron chi connectivity index (χ1n) is 5.05. The SMILES string of the molecule is CN(C)Cc1[c-]ccc(C(C)(C)C)c1.[Br-].[Mg+2]. The zero-order valence-corrected chi connectivity index (χ0v) is 14.0. The van der Waals surface area contributed by atoms with Crippen molar-refractivity contribution in [1.82, 2.24) is 4.90 Å². The van der Waals surface area contributed by atoms with Crippen LogP contribution in [0.25, 0.3) is 0 Å². The summed E-state index contributed by atoms with van der Waals surface area (Å²) in [5, 5.41) is 0. The third kappa shape index (κ3) is 6.23.